The van der Waals surface area contributed by atoms with E-state index in [1.165, 1.54) is 17.4 Å². The Bertz CT molecular complexity index is 727. The van der Waals surface area contributed by atoms with E-state index in [0.29, 0.717) is 11.3 Å². The Labute approximate surface area is 166 Å². The minimum absolute atomic E-state index is 0.0583. The van der Waals surface area contributed by atoms with E-state index in [1.54, 1.807) is 0 Å². The zero-order chi connectivity index (χ0) is 19.8. The van der Waals surface area contributed by atoms with Crippen molar-refractivity contribution in [3.8, 4) is 0 Å². The van der Waals surface area contributed by atoms with Gasteiger partial charge in [-0.1, -0.05) is 79.7 Å². The molecule has 1 aliphatic heterocycles. The van der Waals surface area contributed by atoms with E-state index in [4.69, 9.17) is 9.31 Å². The van der Waals surface area contributed by atoms with Crippen molar-refractivity contribution in [3.05, 3.63) is 29.8 Å². The van der Waals surface area contributed by atoms with Crippen LogP contribution in [0.3, 0.4) is 0 Å². The second-order valence-corrected chi connectivity index (χ2v) is 12.1. The highest BCUT2D eigenvalue weighted by molar-refractivity contribution is 6.62. The van der Waals surface area contributed by atoms with Gasteiger partial charge in [-0.05, 0) is 58.4 Å². The van der Waals surface area contributed by atoms with Gasteiger partial charge in [-0.2, -0.15) is 0 Å². The molecule has 3 saturated carbocycles. The summed E-state index contributed by atoms with van der Waals surface area (Å²) in [5, 5.41) is 0. The van der Waals surface area contributed by atoms with Crippen molar-refractivity contribution < 1.29 is 9.31 Å². The number of benzene rings is 1. The van der Waals surface area contributed by atoms with Gasteiger partial charge in [0.25, 0.3) is 0 Å². The molecule has 2 nitrogen and oxygen atoms in total. The van der Waals surface area contributed by atoms with Gasteiger partial charge in [0, 0.05) is 0 Å². The molecule has 27 heavy (non-hydrogen) atoms. The van der Waals surface area contributed by atoms with E-state index in [9.17, 15) is 0 Å². The molecule has 4 fully saturated rings. The van der Waals surface area contributed by atoms with Gasteiger partial charge in [-0.15, -0.1) is 0 Å². The molecular formula is C24H37BO2. The van der Waals surface area contributed by atoms with Crippen LogP contribution in [0.5, 0.6) is 0 Å². The van der Waals surface area contributed by atoms with E-state index >= 15 is 0 Å². The summed E-state index contributed by atoms with van der Waals surface area (Å²) in [4.78, 5) is 0. The second kappa shape index (κ2) is 5.86. The SMILES string of the molecule is CC(C)(C)Cc1cccc(B2O[C@H]3C[C@H]4CC(C4(C)C)[C@@]3(C(C)(C)C)O2)c1. The minimum Gasteiger partial charge on any atom is -0.401 e. The van der Waals surface area contributed by atoms with Crippen molar-refractivity contribution in [2.24, 2.45) is 28.1 Å². The molecule has 2 bridgehead atoms. The molecule has 0 amide bonds. The topological polar surface area (TPSA) is 18.5 Å². The molecule has 5 rings (SSSR count). The maximum absolute atomic E-state index is 6.95. The molecule has 4 atom stereocenters. The van der Waals surface area contributed by atoms with Crippen LogP contribution in [-0.2, 0) is 15.7 Å². The largest absolute Gasteiger partial charge is 0.494 e. The van der Waals surface area contributed by atoms with Gasteiger partial charge in [-0.3, -0.25) is 0 Å². The van der Waals surface area contributed by atoms with E-state index < -0.39 is 0 Å². The van der Waals surface area contributed by atoms with Gasteiger partial charge in [0.1, 0.15) is 0 Å². The third-order valence-corrected chi connectivity index (χ3v) is 7.68. The molecule has 0 aromatic heterocycles. The number of hydrogen-bond donors (Lipinski definition) is 0. The minimum atomic E-state index is -0.232. The van der Waals surface area contributed by atoms with Gasteiger partial charge < -0.3 is 9.31 Å². The summed E-state index contributed by atoms with van der Waals surface area (Å²) in [5.41, 5.74) is 3.07. The summed E-state index contributed by atoms with van der Waals surface area (Å²) < 4.78 is 13.6. The molecule has 1 unspecified atom stereocenters. The van der Waals surface area contributed by atoms with Crippen LogP contribution in [0, 0.1) is 28.1 Å². The van der Waals surface area contributed by atoms with Gasteiger partial charge >= 0.3 is 7.12 Å². The maximum Gasteiger partial charge on any atom is 0.494 e. The van der Waals surface area contributed by atoms with Crippen molar-refractivity contribution in [2.75, 3.05) is 0 Å². The summed E-state index contributed by atoms with van der Waals surface area (Å²) in [6.07, 6.45) is 3.71. The van der Waals surface area contributed by atoms with Crippen molar-refractivity contribution in [1.29, 1.82) is 0 Å². The van der Waals surface area contributed by atoms with Crippen LogP contribution in [0.4, 0.5) is 0 Å². The third-order valence-electron chi connectivity index (χ3n) is 7.68. The molecule has 1 aromatic rings. The quantitative estimate of drug-likeness (QED) is 0.665. The van der Waals surface area contributed by atoms with Crippen molar-refractivity contribution >= 4 is 12.6 Å². The van der Waals surface area contributed by atoms with Crippen LogP contribution in [-0.4, -0.2) is 18.8 Å². The lowest BCUT2D eigenvalue weighted by Gasteiger charge is -2.68. The van der Waals surface area contributed by atoms with Crippen molar-refractivity contribution in [1.82, 2.24) is 0 Å². The summed E-state index contributed by atoms with van der Waals surface area (Å²) in [5.74, 6) is 1.36. The predicted octanol–water partition coefficient (Wildman–Crippen LogP) is 5.24. The Hall–Kier alpha value is -0.795. The molecule has 1 saturated heterocycles. The second-order valence-electron chi connectivity index (χ2n) is 12.1. The molecule has 148 valence electrons. The standard InChI is InChI=1S/C24H37BO2/c1-21(2,3)15-16-10-9-11-18(12-16)25-26-20-14-17-13-19(23(17,7)8)24(20,27-25)22(4,5)6/h9-12,17,19-20H,13-15H2,1-8H3/t17-,19?,20+,24-/m1/s1. The van der Waals surface area contributed by atoms with Gasteiger partial charge in [0.15, 0.2) is 0 Å². The normalized spacial score (nSPS) is 35.0. The lowest BCUT2D eigenvalue weighted by atomic mass is 9.40. The van der Waals surface area contributed by atoms with E-state index in [2.05, 4.69) is 79.7 Å². The van der Waals surface area contributed by atoms with Crippen LogP contribution in [0.15, 0.2) is 24.3 Å². The molecule has 1 aromatic carbocycles. The monoisotopic (exact) mass is 368 g/mol. The average molecular weight is 368 g/mol. The highest BCUT2D eigenvalue weighted by atomic mass is 16.7. The predicted molar refractivity (Wildman–Crippen MR) is 113 cm³/mol. The molecule has 0 spiro atoms. The van der Waals surface area contributed by atoms with E-state index in [1.807, 2.05) is 0 Å². The number of hydrogen-bond acceptors (Lipinski definition) is 2. The fourth-order valence-corrected chi connectivity index (χ4v) is 6.26. The first-order valence-electron chi connectivity index (χ1n) is 10.8. The Kier molecular flexibility index (Phi) is 4.24. The van der Waals surface area contributed by atoms with Crippen molar-refractivity contribution in [3.63, 3.8) is 0 Å². The lowest BCUT2D eigenvalue weighted by Crippen LogP contribution is -2.71. The summed E-state index contributed by atoms with van der Waals surface area (Å²) >= 11 is 0. The lowest BCUT2D eigenvalue weighted by molar-refractivity contribution is -0.245. The molecule has 3 heteroatoms. The first-order chi connectivity index (χ1) is 12.3. The van der Waals surface area contributed by atoms with Crippen LogP contribution in [0.2, 0.25) is 0 Å². The number of rotatable bonds is 2. The third kappa shape index (κ3) is 2.92. The summed E-state index contributed by atoms with van der Waals surface area (Å²) in [6.45, 7) is 18.8. The van der Waals surface area contributed by atoms with E-state index in [0.717, 1.165) is 18.8 Å². The van der Waals surface area contributed by atoms with Gasteiger partial charge in [-0.25, -0.2) is 0 Å². The molecule has 1 heterocycles. The molecular weight excluding hydrogens is 331 g/mol. The fourth-order valence-electron chi connectivity index (χ4n) is 6.26. The Morgan fingerprint density at radius 1 is 1.07 bits per heavy atom. The van der Waals surface area contributed by atoms with Crippen LogP contribution in [0.1, 0.15) is 73.8 Å². The van der Waals surface area contributed by atoms with E-state index in [-0.39, 0.29) is 29.7 Å². The first-order valence-corrected chi connectivity index (χ1v) is 10.8. The summed E-state index contributed by atoms with van der Waals surface area (Å²) in [7, 11) is -0.232. The van der Waals surface area contributed by atoms with Gasteiger partial charge in [0.05, 0.1) is 11.7 Å². The van der Waals surface area contributed by atoms with Crippen LogP contribution < -0.4 is 5.46 Å². The van der Waals surface area contributed by atoms with Crippen LogP contribution in [0.25, 0.3) is 0 Å². The van der Waals surface area contributed by atoms with Gasteiger partial charge in [0.2, 0.25) is 0 Å². The first kappa shape index (κ1) is 19.5. The highest BCUT2D eigenvalue weighted by Crippen LogP contribution is 2.69. The Morgan fingerprint density at radius 3 is 2.37 bits per heavy atom. The Morgan fingerprint density at radius 2 is 1.78 bits per heavy atom. The maximum atomic E-state index is 6.95. The molecule has 4 aliphatic rings. The zero-order valence-electron chi connectivity index (χ0n) is 18.6. The zero-order valence-corrected chi connectivity index (χ0v) is 18.6. The highest BCUT2D eigenvalue weighted by Gasteiger charge is 2.73. The summed E-state index contributed by atoms with van der Waals surface area (Å²) in [6, 6.07) is 8.88. The Balaban J connectivity index is 1.66. The smallest absolute Gasteiger partial charge is 0.401 e. The molecule has 3 aliphatic carbocycles. The van der Waals surface area contributed by atoms with Crippen molar-refractivity contribution in [2.45, 2.75) is 86.4 Å². The molecule has 0 radical (unpaired) electrons. The fraction of sp³-hybridized carbons (Fsp3) is 0.750. The molecule has 0 N–H and O–H groups in total. The van der Waals surface area contributed by atoms with Crippen LogP contribution >= 0.6 is 0 Å². The average Bonchev–Trinajstić information content (AvgIpc) is 2.94.